The maximum atomic E-state index is 13.3. The molecule has 1 atom stereocenters. The molecule has 2 aromatic heterocycles. The normalized spacial score (nSPS) is 19.5. The molecule has 1 fully saturated rings. The minimum atomic E-state index is -0.363. The van der Waals surface area contributed by atoms with Crippen LogP contribution in [-0.2, 0) is 13.0 Å². The first-order valence-electron chi connectivity index (χ1n) is 11.4. The van der Waals surface area contributed by atoms with Crippen molar-refractivity contribution in [2.24, 2.45) is 0 Å². The smallest absolute Gasteiger partial charge is 0.276 e. The van der Waals surface area contributed by atoms with Crippen molar-refractivity contribution in [3.63, 3.8) is 0 Å². The highest BCUT2D eigenvalue weighted by Crippen LogP contribution is 2.32. The summed E-state index contributed by atoms with van der Waals surface area (Å²) in [6, 6.07) is 7.79. The van der Waals surface area contributed by atoms with Crippen LogP contribution in [0.15, 0.2) is 35.1 Å². The van der Waals surface area contributed by atoms with Crippen LogP contribution < -0.4 is 5.56 Å². The number of nitrogens with zero attached hydrogens (tertiary/aromatic N) is 4. The molecule has 0 bridgehead atoms. The van der Waals surface area contributed by atoms with Crippen LogP contribution in [0.1, 0.15) is 66.5 Å². The number of hydrogen-bond donors (Lipinski definition) is 1. The third-order valence-electron chi connectivity index (χ3n) is 6.76. The summed E-state index contributed by atoms with van der Waals surface area (Å²) < 4.78 is 14.8. The predicted molar refractivity (Wildman–Crippen MR) is 119 cm³/mol. The van der Waals surface area contributed by atoms with Crippen molar-refractivity contribution in [2.75, 3.05) is 13.1 Å². The second kappa shape index (κ2) is 8.16. The molecule has 7 nitrogen and oxygen atoms in total. The van der Waals surface area contributed by atoms with Crippen LogP contribution in [0.25, 0.3) is 5.65 Å². The zero-order chi connectivity index (χ0) is 22.4. The molecule has 0 saturated carbocycles. The second-order valence-corrected chi connectivity index (χ2v) is 9.08. The van der Waals surface area contributed by atoms with E-state index in [0.717, 1.165) is 42.8 Å². The largest absolute Gasteiger partial charge is 0.330 e. The molecular weight excluding hydrogens is 409 g/mol. The van der Waals surface area contributed by atoms with Crippen LogP contribution in [0.5, 0.6) is 0 Å². The Labute approximate surface area is 185 Å². The van der Waals surface area contributed by atoms with E-state index in [4.69, 9.17) is 4.98 Å². The van der Waals surface area contributed by atoms with Crippen molar-refractivity contribution in [3.05, 3.63) is 69.0 Å². The number of benzene rings is 1. The number of hydrogen-bond acceptors (Lipinski definition) is 4. The lowest BCUT2D eigenvalue weighted by Crippen LogP contribution is -2.40. The summed E-state index contributed by atoms with van der Waals surface area (Å²) in [7, 11) is 0. The Morgan fingerprint density at radius 3 is 2.72 bits per heavy atom. The zero-order valence-corrected chi connectivity index (χ0v) is 18.5. The average molecular weight is 438 g/mol. The topological polar surface area (TPSA) is 73.7 Å². The van der Waals surface area contributed by atoms with Gasteiger partial charge in [-0.25, -0.2) is 13.9 Å². The molecule has 168 valence electrons. The highest BCUT2D eigenvalue weighted by atomic mass is 19.1. The lowest BCUT2D eigenvalue weighted by atomic mass is 9.98. The standard InChI is InChI=1S/C24H28FN5O2/c1-15(2)28-12-10-18-20(14-28)26-22-13-19(27-30(22)24(18)32)21-5-3-4-11-29(21)23(31)16-6-8-17(25)9-7-16/h6-9,13,15,21,27H,3-5,10-12,14H2,1-2H3/t21-/m1/s1. The quantitative estimate of drug-likeness (QED) is 0.682. The Morgan fingerprint density at radius 1 is 1.19 bits per heavy atom. The van der Waals surface area contributed by atoms with Crippen molar-refractivity contribution >= 4 is 11.6 Å². The van der Waals surface area contributed by atoms with E-state index in [0.29, 0.717) is 36.8 Å². The number of carbonyl (C=O) groups excluding carboxylic acids is 1. The molecule has 0 unspecified atom stereocenters. The third kappa shape index (κ3) is 3.62. The highest BCUT2D eigenvalue weighted by Gasteiger charge is 2.31. The average Bonchev–Trinajstić information content (AvgIpc) is 3.23. The summed E-state index contributed by atoms with van der Waals surface area (Å²) in [4.78, 5) is 35.3. The number of aromatic amines is 1. The van der Waals surface area contributed by atoms with Gasteiger partial charge >= 0.3 is 0 Å². The first kappa shape index (κ1) is 20.9. The van der Waals surface area contributed by atoms with Crippen molar-refractivity contribution in [1.82, 2.24) is 24.4 Å². The van der Waals surface area contributed by atoms with Gasteiger partial charge in [-0.15, -0.1) is 0 Å². The number of rotatable bonds is 3. The van der Waals surface area contributed by atoms with E-state index in [1.54, 1.807) is 0 Å². The van der Waals surface area contributed by atoms with Gasteiger partial charge < -0.3 is 4.90 Å². The van der Waals surface area contributed by atoms with Gasteiger partial charge in [-0.3, -0.25) is 19.6 Å². The van der Waals surface area contributed by atoms with Gasteiger partial charge in [0.15, 0.2) is 5.65 Å². The van der Waals surface area contributed by atoms with Crippen molar-refractivity contribution in [1.29, 1.82) is 0 Å². The lowest BCUT2D eigenvalue weighted by molar-refractivity contribution is 0.0605. The van der Waals surface area contributed by atoms with Gasteiger partial charge in [0.2, 0.25) is 0 Å². The van der Waals surface area contributed by atoms with Gasteiger partial charge in [0.05, 0.1) is 17.4 Å². The fourth-order valence-electron chi connectivity index (χ4n) is 4.90. The van der Waals surface area contributed by atoms with Gasteiger partial charge in [-0.2, -0.15) is 0 Å². The molecule has 8 heteroatoms. The Kier molecular flexibility index (Phi) is 5.33. The number of aromatic nitrogens is 3. The van der Waals surface area contributed by atoms with Gasteiger partial charge in [0, 0.05) is 42.9 Å². The Bertz CT molecular complexity index is 1210. The van der Waals surface area contributed by atoms with Crippen molar-refractivity contribution in [3.8, 4) is 0 Å². The monoisotopic (exact) mass is 437 g/mol. The molecule has 0 aliphatic carbocycles. The maximum absolute atomic E-state index is 13.3. The molecule has 1 amide bonds. The minimum absolute atomic E-state index is 0.0492. The van der Waals surface area contributed by atoms with Crippen molar-refractivity contribution in [2.45, 2.75) is 58.2 Å². The fraction of sp³-hybridized carbons (Fsp3) is 0.458. The van der Waals surface area contributed by atoms with Gasteiger partial charge in [-0.1, -0.05) is 0 Å². The molecular formula is C24H28FN5O2. The summed E-state index contributed by atoms with van der Waals surface area (Å²) in [6.45, 7) is 6.46. The van der Waals surface area contributed by atoms with Crippen LogP contribution >= 0.6 is 0 Å². The summed E-state index contributed by atoms with van der Waals surface area (Å²) in [5.41, 5.74) is 3.45. The summed E-state index contributed by atoms with van der Waals surface area (Å²) in [6.07, 6.45) is 3.40. The highest BCUT2D eigenvalue weighted by molar-refractivity contribution is 5.94. The van der Waals surface area contributed by atoms with Crippen LogP contribution in [0.3, 0.4) is 0 Å². The molecule has 1 aromatic carbocycles. The Morgan fingerprint density at radius 2 is 1.97 bits per heavy atom. The number of nitrogens with one attached hydrogen (secondary N) is 1. The number of amides is 1. The zero-order valence-electron chi connectivity index (χ0n) is 18.5. The number of piperidine rings is 1. The number of likely N-dealkylation sites (tertiary alicyclic amines) is 1. The predicted octanol–water partition coefficient (Wildman–Crippen LogP) is 3.30. The molecule has 2 aliphatic heterocycles. The van der Waals surface area contributed by atoms with Crippen LogP contribution in [0.2, 0.25) is 0 Å². The minimum Gasteiger partial charge on any atom is -0.330 e. The van der Waals surface area contributed by atoms with E-state index >= 15 is 0 Å². The van der Waals surface area contributed by atoms with E-state index in [1.807, 2.05) is 11.0 Å². The first-order chi connectivity index (χ1) is 15.4. The molecule has 5 rings (SSSR count). The molecule has 32 heavy (non-hydrogen) atoms. The first-order valence-corrected chi connectivity index (χ1v) is 11.4. The SMILES string of the molecule is CC(C)N1CCc2c(nc3cc([C@H]4CCCCN4C(=O)c4ccc(F)cc4)[nH]n3c2=O)C1. The molecule has 0 spiro atoms. The summed E-state index contributed by atoms with van der Waals surface area (Å²) in [5.74, 6) is -0.488. The van der Waals surface area contributed by atoms with Crippen LogP contribution in [0.4, 0.5) is 4.39 Å². The van der Waals surface area contributed by atoms with Crippen LogP contribution in [-0.4, -0.2) is 49.4 Å². The number of carbonyl (C=O) groups is 1. The number of halogens is 1. The summed E-state index contributed by atoms with van der Waals surface area (Å²) >= 11 is 0. The number of fused-ring (bicyclic) bond motifs is 2. The van der Waals surface area contributed by atoms with Gasteiger partial charge in [0.25, 0.3) is 11.5 Å². The molecule has 4 heterocycles. The van der Waals surface area contributed by atoms with E-state index in [9.17, 15) is 14.0 Å². The van der Waals surface area contributed by atoms with Gasteiger partial charge in [-0.05, 0) is 63.8 Å². The van der Waals surface area contributed by atoms with Crippen LogP contribution in [0, 0.1) is 5.82 Å². The number of H-pyrrole nitrogens is 1. The Hall–Kier alpha value is -3.00. The molecule has 1 N–H and O–H groups in total. The molecule has 1 saturated heterocycles. The second-order valence-electron chi connectivity index (χ2n) is 9.08. The van der Waals surface area contributed by atoms with E-state index in [-0.39, 0.29) is 23.3 Å². The van der Waals surface area contributed by atoms with E-state index in [2.05, 4.69) is 23.8 Å². The van der Waals surface area contributed by atoms with Gasteiger partial charge in [0.1, 0.15) is 5.82 Å². The van der Waals surface area contributed by atoms with Crippen molar-refractivity contribution < 1.29 is 9.18 Å². The fourth-order valence-corrected chi connectivity index (χ4v) is 4.90. The molecule has 3 aromatic rings. The Balaban J connectivity index is 1.50. The van der Waals surface area contributed by atoms with E-state index in [1.165, 1.54) is 28.8 Å². The molecule has 0 radical (unpaired) electrons. The maximum Gasteiger partial charge on any atom is 0.276 e. The molecule has 2 aliphatic rings. The van der Waals surface area contributed by atoms with E-state index < -0.39 is 0 Å². The third-order valence-corrected chi connectivity index (χ3v) is 6.76. The lowest BCUT2D eigenvalue weighted by Gasteiger charge is -2.35. The summed E-state index contributed by atoms with van der Waals surface area (Å²) in [5, 5.41) is 3.24.